The molecule has 1 aromatic carbocycles. The fourth-order valence-corrected chi connectivity index (χ4v) is 4.45. The van der Waals surface area contributed by atoms with Crippen LogP contribution in [0, 0.1) is 6.92 Å². The fraction of sp³-hybridized carbons (Fsp3) is 0.500. The molecule has 0 saturated carbocycles. The van der Waals surface area contributed by atoms with Gasteiger partial charge in [-0.25, -0.2) is 0 Å². The average Bonchev–Trinajstić information content (AvgIpc) is 3.11. The van der Waals surface area contributed by atoms with Crippen LogP contribution in [0.4, 0.5) is 0 Å². The van der Waals surface area contributed by atoms with Crippen molar-refractivity contribution >= 4 is 17.7 Å². The molecule has 0 radical (unpaired) electrons. The summed E-state index contributed by atoms with van der Waals surface area (Å²) in [5.41, 5.74) is 3.74. The van der Waals surface area contributed by atoms with Crippen molar-refractivity contribution in [3.05, 3.63) is 41.5 Å². The minimum atomic E-state index is -0.209. The Morgan fingerprint density at radius 2 is 2.11 bits per heavy atom. The van der Waals surface area contributed by atoms with Gasteiger partial charge < -0.3 is 9.88 Å². The molecule has 1 aromatic heterocycles. The lowest BCUT2D eigenvalue weighted by atomic mass is 9.97. The Morgan fingerprint density at radius 3 is 2.82 bits per heavy atom. The predicted molar refractivity (Wildman–Crippen MR) is 115 cm³/mol. The van der Waals surface area contributed by atoms with Crippen molar-refractivity contribution in [3.63, 3.8) is 0 Å². The second kappa shape index (κ2) is 9.92. The molecule has 3 rings (SSSR count). The standard InChI is InChI=1S/C22H30N4OS/c1-4-26-20(19-13-9-8-10-16(19)2)24-25-22(26)28-17(3)21(27)23-15-14-18-11-6-5-7-12-18/h8-11,13,17H,4-7,12,14-15H2,1-3H3,(H,23,27). The second-order valence-electron chi connectivity index (χ2n) is 7.27. The van der Waals surface area contributed by atoms with Crippen LogP contribution in [0.3, 0.4) is 0 Å². The highest BCUT2D eigenvalue weighted by Gasteiger charge is 2.20. The first kappa shape index (κ1) is 20.6. The second-order valence-corrected chi connectivity index (χ2v) is 8.58. The van der Waals surface area contributed by atoms with Gasteiger partial charge in [0.25, 0.3) is 0 Å². The third kappa shape index (κ3) is 5.04. The van der Waals surface area contributed by atoms with Gasteiger partial charge in [0, 0.05) is 18.7 Å². The van der Waals surface area contributed by atoms with Gasteiger partial charge in [-0.15, -0.1) is 10.2 Å². The van der Waals surface area contributed by atoms with Crippen LogP contribution in [-0.2, 0) is 11.3 Å². The molecule has 0 fully saturated rings. The van der Waals surface area contributed by atoms with Crippen molar-refractivity contribution in [2.24, 2.45) is 0 Å². The third-order valence-electron chi connectivity index (χ3n) is 5.20. The Labute approximate surface area is 172 Å². The number of aryl methyl sites for hydroxylation is 1. The number of carbonyl (C=O) groups is 1. The Balaban J connectivity index is 1.60. The third-order valence-corrected chi connectivity index (χ3v) is 6.28. The first-order valence-electron chi connectivity index (χ1n) is 10.2. The largest absolute Gasteiger partial charge is 0.355 e. The maximum Gasteiger partial charge on any atom is 0.233 e. The Hall–Kier alpha value is -2.08. The molecule has 28 heavy (non-hydrogen) atoms. The molecule has 1 aliphatic rings. The van der Waals surface area contributed by atoms with Crippen LogP contribution < -0.4 is 5.32 Å². The van der Waals surface area contributed by atoms with Gasteiger partial charge in [0.1, 0.15) is 0 Å². The number of thioether (sulfide) groups is 1. The Morgan fingerprint density at radius 1 is 1.29 bits per heavy atom. The minimum Gasteiger partial charge on any atom is -0.355 e. The summed E-state index contributed by atoms with van der Waals surface area (Å²) >= 11 is 1.47. The van der Waals surface area contributed by atoms with E-state index in [0.717, 1.165) is 29.5 Å². The minimum absolute atomic E-state index is 0.0597. The number of aromatic nitrogens is 3. The smallest absolute Gasteiger partial charge is 0.233 e. The van der Waals surface area contributed by atoms with Crippen LogP contribution in [0.1, 0.15) is 51.5 Å². The summed E-state index contributed by atoms with van der Waals surface area (Å²) in [7, 11) is 0. The van der Waals surface area contributed by atoms with Crippen LogP contribution in [0.2, 0.25) is 0 Å². The quantitative estimate of drug-likeness (QED) is 0.514. The molecule has 0 bridgehead atoms. The number of allylic oxidation sites excluding steroid dienone is 1. The van der Waals surface area contributed by atoms with E-state index in [1.807, 2.05) is 19.1 Å². The fourth-order valence-electron chi connectivity index (χ4n) is 3.52. The van der Waals surface area contributed by atoms with E-state index in [-0.39, 0.29) is 11.2 Å². The van der Waals surface area contributed by atoms with E-state index in [1.54, 1.807) is 0 Å². The normalized spacial score (nSPS) is 15.2. The van der Waals surface area contributed by atoms with Crippen molar-refractivity contribution in [2.75, 3.05) is 6.54 Å². The zero-order chi connectivity index (χ0) is 19.9. The number of amides is 1. The van der Waals surface area contributed by atoms with Crippen LogP contribution >= 0.6 is 11.8 Å². The molecule has 0 saturated heterocycles. The van der Waals surface area contributed by atoms with Crippen LogP contribution in [0.25, 0.3) is 11.4 Å². The number of hydrogen-bond acceptors (Lipinski definition) is 4. The maximum atomic E-state index is 12.5. The molecule has 1 atom stereocenters. The summed E-state index contributed by atoms with van der Waals surface area (Å²) in [6.45, 7) is 7.57. The summed E-state index contributed by atoms with van der Waals surface area (Å²) in [6.07, 6.45) is 8.25. The molecule has 6 heteroatoms. The molecule has 1 aliphatic carbocycles. The van der Waals surface area contributed by atoms with E-state index in [1.165, 1.54) is 48.6 Å². The molecule has 0 spiro atoms. The van der Waals surface area contributed by atoms with Gasteiger partial charge >= 0.3 is 0 Å². The zero-order valence-electron chi connectivity index (χ0n) is 17.1. The predicted octanol–water partition coefficient (Wildman–Crippen LogP) is 4.76. The summed E-state index contributed by atoms with van der Waals surface area (Å²) in [6, 6.07) is 8.18. The van der Waals surface area contributed by atoms with Crippen molar-refractivity contribution in [1.29, 1.82) is 0 Å². The lowest BCUT2D eigenvalue weighted by Crippen LogP contribution is -2.32. The maximum absolute atomic E-state index is 12.5. The molecule has 5 nitrogen and oxygen atoms in total. The summed E-state index contributed by atoms with van der Waals surface area (Å²) in [5, 5.41) is 12.4. The highest BCUT2D eigenvalue weighted by Crippen LogP contribution is 2.28. The van der Waals surface area contributed by atoms with Gasteiger partial charge in [0.2, 0.25) is 5.91 Å². The topological polar surface area (TPSA) is 59.8 Å². The number of benzene rings is 1. The van der Waals surface area contributed by atoms with Crippen LogP contribution in [0.15, 0.2) is 41.1 Å². The highest BCUT2D eigenvalue weighted by atomic mass is 32.2. The van der Waals surface area contributed by atoms with Gasteiger partial charge in [-0.05, 0) is 58.4 Å². The SMILES string of the molecule is CCn1c(SC(C)C(=O)NCCC2=CCCCC2)nnc1-c1ccccc1C. The van der Waals surface area contributed by atoms with Crippen LogP contribution in [0.5, 0.6) is 0 Å². The van der Waals surface area contributed by atoms with Gasteiger partial charge in [0.15, 0.2) is 11.0 Å². The van der Waals surface area contributed by atoms with Crippen LogP contribution in [-0.4, -0.2) is 32.5 Å². The molecule has 150 valence electrons. The first-order valence-corrected chi connectivity index (χ1v) is 11.1. The molecule has 1 heterocycles. The summed E-state index contributed by atoms with van der Waals surface area (Å²) in [5.74, 6) is 0.921. The van der Waals surface area contributed by atoms with E-state index in [9.17, 15) is 4.79 Å². The van der Waals surface area contributed by atoms with Crippen molar-refractivity contribution in [3.8, 4) is 11.4 Å². The van der Waals surface area contributed by atoms with Gasteiger partial charge in [-0.3, -0.25) is 4.79 Å². The Bertz CT molecular complexity index is 843. The molecule has 1 N–H and O–H groups in total. The molecule has 1 amide bonds. The lowest BCUT2D eigenvalue weighted by Gasteiger charge is -2.15. The Kier molecular flexibility index (Phi) is 7.31. The molecular formula is C22H30N4OS. The number of nitrogens with one attached hydrogen (secondary N) is 1. The lowest BCUT2D eigenvalue weighted by molar-refractivity contribution is -0.120. The van der Waals surface area contributed by atoms with E-state index in [0.29, 0.717) is 6.54 Å². The van der Waals surface area contributed by atoms with Gasteiger partial charge in [0.05, 0.1) is 5.25 Å². The van der Waals surface area contributed by atoms with E-state index >= 15 is 0 Å². The molecular weight excluding hydrogens is 368 g/mol. The number of carbonyl (C=O) groups excluding carboxylic acids is 1. The highest BCUT2D eigenvalue weighted by molar-refractivity contribution is 8.00. The van der Waals surface area contributed by atoms with Crippen molar-refractivity contribution < 1.29 is 4.79 Å². The molecule has 1 unspecified atom stereocenters. The number of rotatable bonds is 8. The molecule has 0 aliphatic heterocycles. The van der Waals surface area contributed by atoms with Gasteiger partial charge in [-0.1, -0.05) is 47.7 Å². The summed E-state index contributed by atoms with van der Waals surface area (Å²) < 4.78 is 2.09. The monoisotopic (exact) mass is 398 g/mol. The van der Waals surface area contributed by atoms with E-state index < -0.39 is 0 Å². The summed E-state index contributed by atoms with van der Waals surface area (Å²) in [4.78, 5) is 12.5. The van der Waals surface area contributed by atoms with Crippen molar-refractivity contribution in [1.82, 2.24) is 20.1 Å². The van der Waals surface area contributed by atoms with E-state index in [2.05, 4.69) is 52.1 Å². The van der Waals surface area contributed by atoms with Crippen molar-refractivity contribution in [2.45, 2.75) is 69.8 Å². The number of nitrogens with zero attached hydrogens (tertiary/aromatic N) is 3. The van der Waals surface area contributed by atoms with E-state index in [4.69, 9.17) is 0 Å². The van der Waals surface area contributed by atoms with Gasteiger partial charge in [-0.2, -0.15) is 0 Å². The first-order chi connectivity index (χ1) is 13.6. The average molecular weight is 399 g/mol. The molecule has 2 aromatic rings. The zero-order valence-corrected chi connectivity index (χ0v) is 17.9. The number of hydrogen-bond donors (Lipinski definition) is 1.